The molecule has 0 aliphatic carbocycles. The van der Waals surface area contributed by atoms with E-state index in [4.69, 9.17) is 34.2 Å². The SMILES string of the molecule is C=CC(=O)OCCCCOc1ccc(OC(=O)c2ccc(NC(=O)C(=O)Nc3ccc(C(=O)Oc4ccc(OCCCCOC(=O)C=C)cc4N)s3)s2)cc1. The lowest BCUT2D eigenvalue weighted by Gasteiger charge is -2.10. The number of thiophene rings is 2. The van der Waals surface area contributed by atoms with Crippen molar-refractivity contribution in [3.8, 4) is 23.0 Å². The fourth-order valence-corrected chi connectivity index (χ4v) is 5.79. The first-order chi connectivity index (χ1) is 26.5. The first-order valence-corrected chi connectivity index (χ1v) is 18.3. The van der Waals surface area contributed by atoms with Crippen molar-refractivity contribution in [3.05, 3.63) is 102 Å². The van der Waals surface area contributed by atoms with E-state index in [1.54, 1.807) is 30.3 Å². The molecule has 0 aliphatic heterocycles. The van der Waals surface area contributed by atoms with Crippen molar-refractivity contribution in [2.75, 3.05) is 42.8 Å². The zero-order chi connectivity index (χ0) is 39.6. The van der Waals surface area contributed by atoms with E-state index in [1.165, 1.54) is 36.4 Å². The number of carbonyl (C=O) groups excluding carboxylic acids is 6. The third kappa shape index (κ3) is 13.8. The second kappa shape index (κ2) is 21.3. The van der Waals surface area contributed by atoms with E-state index in [9.17, 15) is 28.8 Å². The minimum absolute atomic E-state index is 0.101. The first-order valence-electron chi connectivity index (χ1n) is 16.6. The van der Waals surface area contributed by atoms with Gasteiger partial charge in [0.25, 0.3) is 0 Å². The van der Waals surface area contributed by atoms with Crippen molar-refractivity contribution in [2.24, 2.45) is 0 Å². The Hall–Kier alpha value is -6.46. The summed E-state index contributed by atoms with van der Waals surface area (Å²) in [6.07, 6.45) is 4.73. The van der Waals surface area contributed by atoms with Crippen LogP contribution >= 0.6 is 22.7 Å². The van der Waals surface area contributed by atoms with Gasteiger partial charge in [-0.05, 0) is 86.3 Å². The molecule has 0 unspecified atom stereocenters. The van der Waals surface area contributed by atoms with Gasteiger partial charge in [0.15, 0.2) is 5.75 Å². The Labute approximate surface area is 323 Å². The Morgan fingerprint density at radius 1 is 0.582 bits per heavy atom. The van der Waals surface area contributed by atoms with Crippen LogP contribution in [0, 0.1) is 0 Å². The maximum absolute atomic E-state index is 12.8. The number of hydrogen-bond donors (Lipinski definition) is 3. The lowest BCUT2D eigenvalue weighted by molar-refractivity contribution is -0.138. The smallest absolute Gasteiger partial charge is 0.353 e. The van der Waals surface area contributed by atoms with Gasteiger partial charge in [-0.25, -0.2) is 19.2 Å². The minimum Gasteiger partial charge on any atom is -0.494 e. The Morgan fingerprint density at radius 3 is 1.55 bits per heavy atom. The number of amides is 2. The van der Waals surface area contributed by atoms with Crippen molar-refractivity contribution in [1.29, 1.82) is 0 Å². The number of anilines is 3. The summed E-state index contributed by atoms with van der Waals surface area (Å²) < 4.78 is 31.9. The second-order valence-corrected chi connectivity index (χ2v) is 13.2. The van der Waals surface area contributed by atoms with Crippen molar-refractivity contribution in [3.63, 3.8) is 0 Å². The Balaban J connectivity index is 1.17. The number of carbonyl (C=O) groups is 6. The summed E-state index contributed by atoms with van der Waals surface area (Å²) in [5, 5.41) is 5.30. The van der Waals surface area contributed by atoms with Gasteiger partial charge in [0.1, 0.15) is 27.0 Å². The highest BCUT2D eigenvalue weighted by molar-refractivity contribution is 7.18. The molecule has 0 bridgehead atoms. The molecule has 4 aromatic rings. The molecule has 17 heteroatoms. The molecule has 288 valence electrons. The highest BCUT2D eigenvalue weighted by atomic mass is 32.1. The number of nitrogens with two attached hydrogens (primary N) is 1. The van der Waals surface area contributed by atoms with Crippen molar-refractivity contribution in [1.82, 2.24) is 0 Å². The molecule has 2 heterocycles. The van der Waals surface area contributed by atoms with E-state index in [-0.39, 0.29) is 50.2 Å². The maximum Gasteiger partial charge on any atom is 0.353 e. The van der Waals surface area contributed by atoms with E-state index >= 15 is 0 Å². The van der Waals surface area contributed by atoms with Gasteiger partial charge in [-0.3, -0.25) is 9.59 Å². The van der Waals surface area contributed by atoms with Crippen molar-refractivity contribution >= 4 is 74.1 Å². The van der Waals surface area contributed by atoms with Gasteiger partial charge >= 0.3 is 35.7 Å². The van der Waals surface area contributed by atoms with E-state index < -0.39 is 35.7 Å². The van der Waals surface area contributed by atoms with Crippen LogP contribution in [0.4, 0.5) is 15.7 Å². The molecule has 2 amide bonds. The van der Waals surface area contributed by atoms with E-state index in [0.29, 0.717) is 50.4 Å². The van der Waals surface area contributed by atoms with Crippen molar-refractivity contribution < 1.29 is 57.2 Å². The molecule has 0 radical (unpaired) electrons. The highest BCUT2D eigenvalue weighted by Gasteiger charge is 2.20. The lowest BCUT2D eigenvalue weighted by Crippen LogP contribution is -2.28. The molecule has 15 nitrogen and oxygen atoms in total. The number of nitrogens with one attached hydrogen (secondary N) is 2. The largest absolute Gasteiger partial charge is 0.494 e. The molecule has 2 aromatic heterocycles. The summed E-state index contributed by atoms with van der Waals surface area (Å²) >= 11 is 1.80. The first kappa shape index (κ1) is 41.3. The number of ether oxygens (including phenoxy) is 6. The molecule has 55 heavy (non-hydrogen) atoms. The number of nitrogen functional groups attached to an aromatic ring is 1. The predicted octanol–water partition coefficient (Wildman–Crippen LogP) is 6.18. The van der Waals surface area contributed by atoms with Gasteiger partial charge in [0.2, 0.25) is 0 Å². The van der Waals surface area contributed by atoms with Crippen LogP contribution in [-0.2, 0) is 28.7 Å². The molecular formula is C38H37N3O12S2. The van der Waals surface area contributed by atoms with Crippen LogP contribution in [0.15, 0.2) is 92.0 Å². The molecule has 0 saturated carbocycles. The molecule has 0 spiro atoms. The second-order valence-electron chi connectivity index (χ2n) is 11.0. The van der Waals surface area contributed by atoms with E-state index in [0.717, 1.165) is 34.8 Å². The van der Waals surface area contributed by atoms with Crippen LogP contribution < -0.4 is 35.3 Å². The van der Waals surface area contributed by atoms with Gasteiger partial charge in [-0.15, -0.1) is 22.7 Å². The predicted molar refractivity (Wildman–Crippen MR) is 205 cm³/mol. The van der Waals surface area contributed by atoms with Crippen LogP contribution in [0.25, 0.3) is 0 Å². The number of hydrogen-bond acceptors (Lipinski definition) is 15. The number of benzene rings is 2. The maximum atomic E-state index is 12.8. The Kier molecular flexibility index (Phi) is 16.0. The van der Waals surface area contributed by atoms with Crippen LogP contribution in [-0.4, -0.2) is 62.1 Å². The molecule has 4 rings (SSSR count). The average molecular weight is 792 g/mol. The zero-order valence-corrected chi connectivity index (χ0v) is 31.0. The van der Waals surface area contributed by atoms with Crippen LogP contribution in [0.2, 0.25) is 0 Å². The molecular weight excluding hydrogens is 755 g/mol. The molecule has 0 saturated heterocycles. The molecule has 0 aliphatic rings. The third-order valence-electron chi connectivity index (χ3n) is 6.95. The van der Waals surface area contributed by atoms with Crippen molar-refractivity contribution in [2.45, 2.75) is 25.7 Å². The monoisotopic (exact) mass is 791 g/mol. The van der Waals surface area contributed by atoms with Gasteiger partial charge in [-0.2, -0.15) is 0 Å². The normalized spacial score (nSPS) is 10.3. The third-order valence-corrected chi connectivity index (χ3v) is 8.91. The van der Waals surface area contributed by atoms with Crippen LogP contribution in [0.1, 0.15) is 45.0 Å². The molecule has 4 N–H and O–H groups in total. The molecule has 2 aromatic carbocycles. The fourth-order valence-electron chi connectivity index (χ4n) is 4.24. The summed E-state index contributed by atoms with van der Waals surface area (Å²) in [7, 11) is 0. The van der Waals surface area contributed by atoms with E-state index in [1.807, 2.05) is 0 Å². The zero-order valence-electron chi connectivity index (χ0n) is 29.4. The molecule has 0 atom stereocenters. The Bertz CT molecular complexity index is 2000. The highest BCUT2D eigenvalue weighted by Crippen LogP contribution is 2.30. The Morgan fingerprint density at radius 2 is 1.04 bits per heavy atom. The molecule has 0 fully saturated rings. The average Bonchev–Trinajstić information content (AvgIpc) is 3.86. The quantitative estimate of drug-likeness (QED) is 0.0228. The summed E-state index contributed by atoms with van der Waals surface area (Å²) in [5.74, 6) is -2.96. The summed E-state index contributed by atoms with van der Waals surface area (Å²) in [4.78, 5) is 73.0. The topological polar surface area (TPSA) is 208 Å². The van der Waals surface area contributed by atoms with Crippen LogP contribution in [0.5, 0.6) is 23.0 Å². The standard InChI is InChI=1S/C38H37N3O12S2/c1-3-33(42)50-21-7-5-19-48-24-9-11-25(12-10-24)52-37(46)29-15-17-31(54-29)40-35(44)36(45)41-32-18-16-30(55-32)38(47)53-28-14-13-26(23-27(28)39)49-20-6-8-22-51-34(43)4-2/h3-4,9-18,23H,1-2,5-8,19-22,39H2,(H,40,44)(H,41,45). The van der Waals surface area contributed by atoms with Gasteiger partial charge < -0.3 is 44.8 Å². The number of esters is 4. The van der Waals surface area contributed by atoms with Gasteiger partial charge in [-0.1, -0.05) is 13.2 Å². The summed E-state index contributed by atoms with van der Waals surface area (Å²) in [5.41, 5.74) is 6.20. The lowest BCUT2D eigenvalue weighted by atomic mass is 10.2. The van der Waals surface area contributed by atoms with Gasteiger partial charge in [0.05, 0.1) is 42.1 Å². The number of unbranched alkanes of at least 4 members (excludes halogenated alkanes) is 2. The summed E-state index contributed by atoms with van der Waals surface area (Å²) in [6, 6.07) is 16.8. The van der Waals surface area contributed by atoms with Gasteiger partial charge in [0, 0.05) is 18.2 Å². The minimum atomic E-state index is -1.00. The van der Waals surface area contributed by atoms with E-state index in [2.05, 4.69) is 23.8 Å². The number of rotatable bonds is 20. The summed E-state index contributed by atoms with van der Waals surface area (Å²) in [6.45, 7) is 7.95. The fraction of sp³-hybridized carbons (Fsp3) is 0.211. The van der Waals surface area contributed by atoms with Crippen LogP contribution in [0.3, 0.4) is 0 Å².